The highest BCUT2D eigenvalue weighted by Crippen LogP contribution is 2.42. The van der Waals surface area contributed by atoms with Crippen LogP contribution in [0.5, 0.6) is 0 Å². The Morgan fingerprint density at radius 3 is 2.63 bits per heavy atom. The molecule has 3 saturated heterocycles. The van der Waals surface area contributed by atoms with Crippen molar-refractivity contribution in [3.8, 4) is 0 Å². The maximum Gasteiger partial charge on any atom is 0.190 e. The molecule has 5 atom stereocenters. The molecule has 1 aliphatic carbocycles. The van der Waals surface area contributed by atoms with Crippen molar-refractivity contribution in [2.24, 2.45) is 0 Å². The molecule has 0 aromatic carbocycles. The number of fused-ring (bicyclic) bond motifs is 3. The summed E-state index contributed by atoms with van der Waals surface area (Å²) in [6.07, 6.45) is 6.81. The molecule has 0 aromatic rings. The first kappa shape index (κ1) is 12.5. The minimum Gasteiger partial charge on any atom is -0.349 e. The lowest BCUT2D eigenvalue weighted by Crippen LogP contribution is -2.48. The zero-order valence-corrected chi connectivity index (χ0v) is 10.9. The molecule has 19 heavy (non-hydrogen) atoms. The summed E-state index contributed by atoms with van der Waals surface area (Å²) in [6.45, 7) is 4.27. The van der Waals surface area contributed by atoms with Gasteiger partial charge in [-0.15, -0.1) is 0 Å². The molecule has 1 saturated carbocycles. The van der Waals surface area contributed by atoms with Crippen molar-refractivity contribution >= 4 is 0 Å². The SMILES string of the molecule is CC1(C)O[C@H]2O[C@@H]3COC([C]4[CH][CH][CH][CH]4)O[C@@H]3[C@H]2O1. The van der Waals surface area contributed by atoms with Gasteiger partial charge in [0.25, 0.3) is 0 Å². The van der Waals surface area contributed by atoms with E-state index in [1.807, 2.05) is 39.5 Å². The number of hydrogen-bond donors (Lipinski definition) is 0. The van der Waals surface area contributed by atoms with Crippen molar-refractivity contribution in [3.63, 3.8) is 0 Å². The summed E-state index contributed by atoms with van der Waals surface area (Å²) in [5.74, 6) is 0.415. The Morgan fingerprint density at radius 2 is 1.84 bits per heavy atom. The predicted molar refractivity (Wildman–Crippen MR) is 63.8 cm³/mol. The zero-order valence-electron chi connectivity index (χ0n) is 10.9. The first-order valence-electron chi connectivity index (χ1n) is 6.62. The fourth-order valence-electron chi connectivity index (χ4n) is 2.93. The Balaban J connectivity index is 1.46. The van der Waals surface area contributed by atoms with Crippen LogP contribution in [0.4, 0.5) is 0 Å². The van der Waals surface area contributed by atoms with Crippen LogP contribution in [0.15, 0.2) is 0 Å². The van der Waals surface area contributed by atoms with Crippen LogP contribution in [-0.4, -0.2) is 43.3 Å². The molecule has 4 fully saturated rings. The number of hydrogen-bond acceptors (Lipinski definition) is 5. The fraction of sp³-hybridized carbons (Fsp3) is 0.643. The van der Waals surface area contributed by atoms with E-state index in [2.05, 4.69) is 0 Å². The van der Waals surface area contributed by atoms with Crippen LogP contribution in [0.1, 0.15) is 13.8 Å². The maximum atomic E-state index is 6.01. The van der Waals surface area contributed by atoms with Crippen molar-refractivity contribution in [3.05, 3.63) is 31.6 Å². The summed E-state index contributed by atoms with van der Waals surface area (Å²) >= 11 is 0. The summed E-state index contributed by atoms with van der Waals surface area (Å²) in [7, 11) is 0. The maximum absolute atomic E-state index is 6.01. The molecule has 5 heteroatoms. The van der Waals surface area contributed by atoms with Crippen LogP contribution >= 0.6 is 0 Å². The zero-order chi connectivity index (χ0) is 13.0. The Labute approximate surface area is 113 Å². The second-order valence-electron chi connectivity index (χ2n) is 5.63. The highest BCUT2D eigenvalue weighted by Gasteiger charge is 2.58. The van der Waals surface area contributed by atoms with E-state index >= 15 is 0 Å². The molecule has 103 valence electrons. The van der Waals surface area contributed by atoms with Gasteiger partial charge in [-0.25, -0.2) is 0 Å². The Kier molecular flexibility index (Phi) is 2.90. The van der Waals surface area contributed by atoms with Crippen molar-refractivity contribution in [2.45, 2.75) is 50.5 Å². The quantitative estimate of drug-likeness (QED) is 0.708. The number of ether oxygens (including phenoxy) is 5. The lowest BCUT2D eigenvalue weighted by Gasteiger charge is -2.36. The van der Waals surface area contributed by atoms with Crippen LogP contribution in [-0.2, 0) is 23.7 Å². The Bertz CT molecular complexity index is 352. The van der Waals surface area contributed by atoms with Gasteiger partial charge in [0.1, 0.15) is 18.3 Å². The smallest absolute Gasteiger partial charge is 0.190 e. The van der Waals surface area contributed by atoms with E-state index in [-0.39, 0.29) is 30.9 Å². The molecule has 3 heterocycles. The Morgan fingerprint density at radius 1 is 1.05 bits per heavy atom. The van der Waals surface area contributed by atoms with Gasteiger partial charge in [0, 0.05) is 5.92 Å². The minimum atomic E-state index is -0.613. The van der Waals surface area contributed by atoms with E-state index in [9.17, 15) is 0 Å². The molecule has 0 aromatic heterocycles. The molecule has 3 aliphatic heterocycles. The lowest BCUT2D eigenvalue weighted by molar-refractivity contribution is -0.276. The summed E-state index contributed by atoms with van der Waals surface area (Å²) in [6, 6.07) is 0. The minimum absolute atomic E-state index is 0.114. The highest BCUT2D eigenvalue weighted by atomic mass is 16.9. The molecule has 0 N–H and O–H groups in total. The van der Waals surface area contributed by atoms with Gasteiger partial charge in [0.05, 0.1) is 6.61 Å². The van der Waals surface area contributed by atoms with Gasteiger partial charge in [-0.1, -0.05) is 0 Å². The van der Waals surface area contributed by atoms with Crippen molar-refractivity contribution < 1.29 is 23.7 Å². The monoisotopic (exact) mass is 265 g/mol. The van der Waals surface area contributed by atoms with Crippen LogP contribution in [0.25, 0.3) is 0 Å². The van der Waals surface area contributed by atoms with Gasteiger partial charge in [-0.05, 0) is 39.5 Å². The molecule has 5 radical (unpaired) electrons. The topological polar surface area (TPSA) is 46.2 Å². The van der Waals surface area contributed by atoms with Crippen LogP contribution in [0.3, 0.4) is 0 Å². The van der Waals surface area contributed by atoms with E-state index in [0.29, 0.717) is 6.61 Å². The molecule has 0 spiro atoms. The summed E-state index contributed by atoms with van der Waals surface area (Å²) < 4.78 is 29.1. The van der Waals surface area contributed by atoms with Gasteiger partial charge in [0.2, 0.25) is 0 Å². The second-order valence-corrected chi connectivity index (χ2v) is 5.63. The van der Waals surface area contributed by atoms with E-state index in [1.54, 1.807) is 0 Å². The molecule has 4 rings (SSSR count). The predicted octanol–water partition coefficient (Wildman–Crippen LogP) is 1.01. The highest BCUT2D eigenvalue weighted by molar-refractivity contribution is 5.37. The third kappa shape index (κ3) is 2.12. The molecule has 0 amide bonds. The summed E-state index contributed by atoms with van der Waals surface area (Å²) in [5.41, 5.74) is 0. The van der Waals surface area contributed by atoms with Gasteiger partial charge in [-0.3, -0.25) is 0 Å². The molecular formula is C14H17O5. The standard InChI is InChI=1S/C14H17O5/c1-14(2)18-11-10-9(16-13(11)19-14)7-15-12(17-10)8-5-3-4-6-8/h3-6,9-13H,7H2,1-2H3/t9-,10+,11-,12?,13-/m1/s1. The van der Waals surface area contributed by atoms with Crippen LogP contribution in [0.2, 0.25) is 0 Å². The molecular weight excluding hydrogens is 248 g/mol. The molecule has 5 nitrogen and oxygen atoms in total. The van der Waals surface area contributed by atoms with E-state index < -0.39 is 5.79 Å². The molecule has 4 aliphatic rings. The van der Waals surface area contributed by atoms with Gasteiger partial charge < -0.3 is 23.7 Å². The van der Waals surface area contributed by atoms with E-state index in [0.717, 1.165) is 5.92 Å². The third-order valence-electron chi connectivity index (χ3n) is 3.74. The number of rotatable bonds is 1. The summed E-state index contributed by atoms with van der Waals surface area (Å²) in [5, 5.41) is 0. The van der Waals surface area contributed by atoms with Gasteiger partial charge in [0.15, 0.2) is 18.4 Å². The van der Waals surface area contributed by atoms with Gasteiger partial charge in [-0.2, -0.15) is 0 Å². The lowest BCUT2D eigenvalue weighted by atomic mass is 10.1. The summed E-state index contributed by atoms with van der Waals surface area (Å²) in [4.78, 5) is 0. The average Bonchev–Trinajstić information content (AvgIpc) is 3.02. The molecule has 1 unspecified atom stereocenters. The largest absolute Gasteiger partial charge is 0.349 e. The fourth-order valence-corrected chi connectivity index (χ4v) is 2.93. The average molecular weight is 265 g/mol. The van der Waals surface area contributed by atoms with Crippen molar-refractivity contribution in [1.82, 2.24) is 0 Å². The first-order valence-corrected chi connectivity index (χ1v) is 6.62. The van der Waals surface area contributed by atoms with Crippen LogP contribution < -0.4 is 0 Å². The Hall–Kier alpha value is -0.200. The van der Waals surface area contributed by atoms with Crippen molar-refractivity contribution in [2.75, 3.05) is 6.61 Å². The normalized spacial score (nSPS) is 49.3. The van der Waals surface area contributed by atoms with E-state index in [4.69, 9.17) is 23.7 Å². The third-order valence-corrected chi connectivity index (χ3v) is 3.74. The van der Waals surface area contributed by atoms with E-state index in [1.165, 1.54) is 0 Å². The van der Waals surface area contributed by atoms with Gasteiger partial charge >= 0.3 is 0 Å². The van der Waals surface area contributed by atoms with Crippen molar-refractivity contribution in [1.29, 1.82) is 0 Å². The second kappa shape index (κ2) is 4.40. The first-order chi connectivity index (χ1) is 9.12. The van der Waals surface area contributed by atoms with Crippen LogP contribution in [0, 0.1) is 31.6 Å². The molecule has 0 bridgehead atoms.